The van der Waals surface area contributed by atoms with Crippen LogP contribution >= 0.6 is 0 Å². The normalized spacial score (nSPS) is 11.3. The summed E-state index contributed by atoms with van der Waals surface area (Å²) in [6.45, 7) is 6.70. The molecule has 4 rings (SSSR count). The molecular weight excluding hydrogens is 370 g/mol. The van der Waals surface area contributed by atoms with Gasteiger partial charge in [-0.2, -0.15) is 0 Å². The van der Waals surface area contributed by atoms with Crippen molar-refractivity contribution in [1.82, 2.24) is 9.38 Å². The number of aromatic nitrogens is 2. The summed E-state index contributed by atoms with van der Waals surface area (Å²) >= 11 is 0. The van der Waals surface area contributed by atoms with Gasteiger partial charge in [-0.3, -0.25) is 9.20 Å². The Morgan fingerprint density at radius 2 is 1.73 bits per heavy atom. The van der Waals surface area contributed by atoms with Crippen LogP contribution in [-0.2, 0) is 4.79 Å². The first kappa shape index (κ1) is 19.6. The number of nitrogens with zero attached hydrogens (tertiary/aromatic N) is 3. The number of carbonyl (C=O) groups is 1. The monoisotopic (exact) mass is 395 g/mol. The van der Waals surface area contributed by atoms with Crippen LogP contribution in [0.2, 0.25) is 0 Å². The lowest BCUT2D eigenvalue weighted by atomic mass is 10.1. The Kier molecular flexibility index (Phi) is 5.48. The Bertz CT molecular complexity index is 1200. The molecule has 0 aliphatic carbocycles. The molecule has 0 aliphatic rings. The number of imidazole rings is 1. The van der Waals surface area contributed by atoms with Gasteiger partial charge >= 0.3 is 0 Å². The van der Waals surface area contributed by atoms with E-state index in [-0.39, 0.29) is 5.91 Å². The van der Waals surface area contributed by atoms with E-state index in [1.807, 2.05) is 53.9 Å². The molecule has 4 nitrogen and oxygen atoms in total. The summed E-state index contributed by atoms with van der Waals surface area (Å²) in [5.41, 5.74) is 6.90. The lowest BCUT2D eigenvalue weighted by Gasteiger charge is -2.19. The molecule has 0 radical (unpaired) electrons. The molecule has 0 fully saturated rings. The summed E-state index contributed by atoms with van der Waals surface area (Å²) in [4.78, 5) is 19.6. The Labute approximate surface area is 177 Å². The molecule has 0 bridgehead atoms. The zero-order valence-corrected chi connectivity index (χ0v) is 17.5. The average molecular weight is 396 g/mol. The minimum Gasteiger partial charge on any atom is -0.309 e. The topological polar surface area (TPSA) is 37.6 Å². The Morgan fingerprint density at radius 3 is 2.43 bits per heavy atom. The van der Waals surface area contributed by atoms with Gasteiger partial charge in [-0.05, 0) is 56.7 Å². The fraction of sp³-hybridized carbons (Fsp3) is 0.154. The van der Waals surface area contributed by atoms with Crippen molar-refractivity contribution in [1.29, 1.82) is 0 Å². The Balaban J connectivity index is 1.76. The average Bonchev–Trinajstić information content (AvgIpc) is 3.11. The molecule has 4 heteroatoms. The van der Waals surface area contributed by atoms with Crippen LogP contribution in [0.3, 0.4) is 0 Å². The quantitative estimate of drug-likeness (QED) is 0.408. The predicted octanol–water partition coefficient (Wildman–Crippen LogP) is 5.68. The van der Waals surface area contributed by atoms with E-state index in [2.05, 4.69) is 50.2 Å². The lowest BCUT2D eigenvalue weighted by Crippen LogP contribution is -2.28. The van der Waals surface area contributed by atoms with Crippen molar-refractivity contribution in [2.24, 2.45) is 0 Å². The first-order chi connectivity index (χ1) is 14.6. The van der Waals surface area contributed by atoms with Crippen LogP contribution < -0.4 is 4.90 Å². The minimum atomic E-state index is -0.0550. The number of anilines is 1. The Morgan fingerprint density at radius 1 is 1.00 bits per heavy atom. The standard InChI is InChI=1S/C26H25N3O/c1-4-28(22-8-6-5-7-9-22)25(30)15-14-23-26(21-12-10-19(2)11-13-21)27-24-18-20(3)16-17-29(23)24/h5-18H,4H2,1-3H3/b15-14+. The molecule has 0 atom stereocenters. The molecule has 4 aromatic rings. The second kappa shape index (κ2) is 8.37. The molecule has 1 amide bonds. The molecule has 2 heterocycles. The molecule has 0 spiro atoms. The number of rotatable bonds is 5. The lowest BCUT2D eigenvalue weighted by molar-refractivity contribution is -0.114. The third-order valence-corrected chi connectivity index (χ3v) is 5.18. The highest BCUT2D eigenvalue weighted by molar-refractivity contribution is 6.04. The summed E-state index contributed by atoms with van der Waals surface area (Å²) in [6, 6.07) is 22.1. The summed E-state index contributed by atoms with van der Waals surface area (Å²) in [7, 11) is 0. The van der Waals surface area contributed by atoms with E-state index in [1.54, 1.807) is 11.0 Å². The number of para-hydroxylation sites is 1. The number of hydrogen-bond acceptors (Lipinski definition) is 2. The van der Waals surface area contributed by atoms with E-state index in [9.17, 15) is 4.79 Å². The molecule has 30 heavy (non-hydrogen) atoms. The van der Waals surface area contributed by atoms with Gasteiger partial charge in [-0.15, -0.1) is 0 Å². The summed E-state index contributed by atoms with van der Waals surface area (Å²) in [5, 5.41) is 0. The van der Waals surface area contributed by atoms with Crippen molar-refractivity contribution in [2.45, 2.75) is 20.8 Å². The summed E-state index contributed by atoms with van der Waals surface area (Å²) in [6.07, 6.45) is 5.52. The van der Waals surface area contributed by atoms with Gasteiger partial charge in [0.1, 0.15) is 5.65 Å². The van der Waals surface area contributed by atoms with Crippen LogP contribution in [0.1, 0.15) is 23.7 Å². The number of likely N-dealkylation sites (N-methyl/N-ethyl adjacent to an activating group) is 1. The molecule has 0 N–H and O–H groups in total. The molecule has 0 saturated heterocycles. The first-order valence-electron chi connectivity index (χ1n) is 10.2. The van der Waals surface area contributed by atoms with Crippen LogP contribution in [0, 0.1) is 13.8 Å². The van der Waals surface area contributed by atoms with E-state index in [0.29, 0.717) is 6.54 Å². The van der Waals surface area contributed by atoms with Gasteiger partial charge in [0.2, 0.25) is 0 Å². The molecule has 0 saturated carbocycles. The van der Waals surface area contributed by atoms with E-state index < -0.39 is 0 Å². The van der Waals surface area contributed by atoms with Crippen molar-refractivity contribution >= 4 is 23.3 Å². The second-order valence-electron chi connectivity index (χ2n) is 7.40. The number of hydrogen-bond donors (Lipinski definition) is 0. The minimum absolute atomic E-state index is 0.0550. The van der Waals surface area contributed by atoms with Crippen LogP contribution in [-0.4, -0.2) is 21.8 Å². The summed E-state index contributed by atoms with van der Waals surface area (Å²) < 4.78 is 2.03. The van der Waals surface area contributed by atoms with E-state index in [4.69, 9.17) is 4.98 Å². The largest absolute Gasteiger partial charge is 0.309 e. The van der Waals surface area contributed by atoms with Gasteiger partial charge in [-0.25, -0.2) is 4.98 Å². The number of benzene rings is 2. The maximum Gasteiger partial charge on any atom is 0.251 e. The van der Waals surface area contributed by atoms with Gasteiger partial charge in [0.15, 0.2) is 0 Å². The molecule has 0 unspecified atom stereocenters. The third-order valence-electron chi connectivity index (χ3n) is 5.18. The first-order valence-corrected chi connectivity index (χ1v) is 10.2. The van der Waals surface area contributed by atoms with E-state index >= 15 is 0 Å². The van der Waals surface area contributed by atoms with Crippen LogP contribution in [0.4, 0.5) is 5.69 Å². The molecule has 2 aromatic heterocycles. The number of amides is 1. The molecule has 0 aliphatic heterocycles. The van der Waals surface area contributed by atoms with Crippen LogP contribution in [0.15, 0.2) is 79.0 Å². The highest BCUT2D eigenvalue weighted by atomic mass is 16.2. The predicted molar refractivity (Wildman–Crippen MR) is 124 cm³/mol. The van der Waals surface area contributed by atoms with Crippen LogP contribution in [0.25, 0.3) is 23.0 Å². The van der Waals surface area contributed by atoms with Crippen LogP contribution in [0.5, 0.6) is 0 Å². The Hall–Kier alpha value is -3.66. The molecular formula is C26H25N3O. The second-order valence-corrected chi connectivity index (χ2v) is 7.40. The smallest absolute Gasteiger partial charge is 0.251 e. The zero-order chi connectivity index (χ0) is 21.1. The van der Waals surface area contributed by atoms with Gasteiger partial charge in [-0.1, -0.05) is 48.0 Å². The summed E-state index contributed by atoms with van der Waals surface area (Å²) in [5.74, 6) is -0.0550. The number of pyridine rings is 1. The highest BCUT2D eigenvalue weighted by Crippen LogP contribution is 2.26. The third kappa shape index (κ3) is 3.90. The van der Waals surface area contributed by atoms with Crippen molar-refractivity contribution < 1.29 is 4.79 Å². The number of carbonyl (C=O) groups excluding carboxylic acids is 1. The zero-order valence-electron chi connectivity index (χ0n) is 17.5. The van der Waals surface area contributed by atoms with Crippen molar-refractivity contribution in [3.63, 3.8) is 0 Å². The molecule has 2 aromatic carbocycles. The fourth-order valence-corrected chi connectivity index (χ4v) is 3.56. The highest BCUT2D eigenvalue weighted by Gasteiger charge is 2.14. The van der Waals surface area contributed by atoms with Gasteiger partial charge in [0.05, 0.1) is 11.4 Å². The SMILES string of the molecule is CCN(C(=O)/C=C/c1c(-c2ccc(C)cc2)nc2cc(C)ccn12)c1ccccc1. The van der Waals surface area contributed by atoms with Gasteiger partial charge < -0.3 is 4.90 Å². The van der Waals surface area contributed by atoms with E-state index in [0.717, 1.165) is 33.8 Å². The number of aryl methyl sites for hydroxylation is 2. The molecule has 150 valence electrons. The van der Waals surface area contributed by atoms with Crippen molar-refractivity contribution in [2.75, 3.05) is 11.4 Å². The maximum atomic E-state index is 13.0. The van der Waals surface area contributed by atoms with E-state index in [1.165, 1.54) is 5.56 Å². The van der Waals surface area contributed by atoms with Gasteiger partial charge in [0.25, 0.3) is 5.91 Å². The fourth-order valence-electron chi connectivity index (χ4n) is 3.56. The van der Waals surface area contributed by atoms with Crippen molar-refractivity contribution in [3.8, 4) is 11.3 Å². The number of fused-ring (bicyclic) bond motifs is 1. The van der Waals surface area contributed by atoms with Gasteiger partial charge in [0, 0.05) is 30.1 Å². The van der Waals surface area contributed by atoms with Crippen molar-refractivity contribution in [3.05, 3.63) is 95.8 Å². The maximum absolute atomic E-state index is 13.0.